The SMILES string of the molecule is CB(O)N1Cc2cccc(Cl)c2C1. The van der Waals surface area contributed by atoms with Gasteiger partial charge in [-0.3, -0.25) is 0 Å². The fraction of sp³-hybridized carbons (Fsp3) is 0.333. The summed E-state index contributed by atoms with van der Waals surface area (Å²) in [6, 6.07) is 5.90. The molecule has 1 aliphatic heterocycles. The minimum atomic E-state index is -0.400. The summed E-state index contributed by atoms with van der Waals surface area (Å²) in [5, 5.41) is 10.2. The van der Waals surface area contributed by atoms with Crippen molar-refractivity contribution in [3.63, 3.8) is 0 Å². The van der Waals surface area contributed by atoms with Crippen LogP contribution in [0.5, 0.6) is 0 Å². The smallest absolute Gasteiger partial charge is 0.376 e. The van der Waals surface area contributed by atoms with E-state index in [0.717, 1.165) is 23.7 Å². The molecule has 0 saturated heterocycles. The lowest BCUT2D eigenvalue weighted by molar-refractivity contribution is 0.380. The molecule has 68 valence electrons. The summed E-state index contributed by atoms with van der Waals surface area (Å²) >= 11 is 6.03. The summed E-state index contributed by atoms with van der Waals surface area (Å²) in [5.74, 6) is 0. The topological polar surface area (TPSA) is 23.5 Å². The first-order chi connectivity index (χ1) is 6.18. The summed E-state index contributed by atoms with van der Waals surface area (Å²) in [6.45, 7) is 3.33. The highest BCUT2D eigenvalue weighted by Crippen LogP contribution is 2.28. The van der Waals surface area contributed by atoms with E-state index < -0.39 is 7.05 Å². The molecule has 0 aromatic heterocycles. The summed E-state index contributed by atoms with van der Waals surface area (Å²) in [6.07, 6.45) is 0. The third kappa shape index (κ3) is 1.59. The van der Waals surface area contributed by atoms with E-state index >= 15 is 0 Å². The molecule has 0 aliphatic carbocycles. The van der Waals surface area contributed by atoms with Crippen LogP contribution in [0.25, 0.3) is 0 Å². The Balaban J connectivity index is 2.30. The lowest BCUT2D eigenvalue weighted by atomic mass is 9.86. The molecule has 1 aromatic rings. The predicted octanol–water partition coefficient (Wildman–Crippen LogP) is 1.77. The van der Waals surface area contributed by atoms with E-state index in [1.165, 1.54) is 5.56 Å². The maximum Gasteiger partial charge on any atom is 0.376 e. The van der Waals surface area contributed by atoms with Gasteiger partial charge in [0.05, 0.1) is 0 Å². The zero-order valence-corrected chi connectivity index (χ0v) is 8.25. The first-order valence-electron chi connectivity index (χ1n) is 4.37. The van der Waals surface area contributed by atoms with Gasteiger partial charge in [0.2, 0.25) is 0 Å². The third-order valence-electron chi connectivity index (χ3n) is 2.48. The van der Waals surface area contributed by atoms with Crippen LogP contribution in [0, 0.1) is 0 Å². The van der Waals surface area contributed by atoms with Gasteiger partial charge in [-0.1, -0.05) is 23.7 Å². The molecule has 1 N–H and O–H groups in total. The number of hydrogen-bond acceptors (Lipinski definition) is 2. The Labute approximate surface area is 83.3 Å². The average molecular weight is 195 g/mol. The average Bonchev–Trinajstić information content (AvgIpc) is 2.49. The Bertz CT molecular complexity index is 329. The van der Waals surface area contributed by atoms with Crippen LogP contribution in [-0.2, 0) is 13.1 Å². The van der Waals surface area contributed by atoms with E-state index in [0.29, 0.717) is 0 Å². The van der Waals surface area contributed by atoms with E-state index in [9.17, 15) is 5.02 Å². The van der Waals surface area contributed by atoms with E-state index in [4.69, 9.17) is 11.6 Å². The Kier molecular flexibility index (Phi) is 2.32. The van der Waals surface area contributed by atoms with Crippen molar-refractivity contribution in [3.05, 3.63) is 34.3 Å². The van der Waals surface area contributed by atoms with Gasteiger partial charge in [0.15, 0.2) is 0 Å². The number of halogens is 1. The molecule has 13 heavy (non-hydrogen) atoms. The molecule has 0 fully saturated rings. The van der Waals surface area contributed by atoms with Gasteiger partial charge in [-0.05, 0) is 24.0 Å². The molecule has 1 aliphatic rings. The first-order valence-corrected chi connectivity index (χ1v) is 4.74. The second kappa shape index (κ2) is 3.33. The molecule has 1 aromatic carbocycles. The number of rotatable bonds is 1. The monoisotopic (exact) mass is 195 g/mol. The number of fused-ring (bicyclic) bond motifs is 1. The molecule has 0 unspecified atom stereocenters. The van der Waals surface area contributed by atoms with Gasteiger partial charge < -0.3 is 9.83 Å². The van der Waals surface area contributed by atoms with E-state index in [-0.39, 0.29) is 0 Å². The maximum atomic E-state index is 9.40. The number of nitrogens with zero attached hydrogens (tertiary/aromatic N) is 1. The molecular weight excluding hydrogens is 184 g/mol. The second-order valence-electron chi connectivity index (χ2n) is 3.41. The summed E-state index contributed by atoms with van der Waals surface area (Å²) < 4.78 is 0. The predicted molar refractivity (Wildman–Crippen MR) is 54.5 cm³/mol. The minimum Gasteiger partial charge on any atom is -0.437 e. The second-order valence-corrected chi connectivity index (χ2v) is 3.82. The van der Waals surface area contributed by atoms with Crippen molar-refractivity contribution in [1.82, 2.24) is 4.81 Å². The van der Waals surface area contributed by atoms with Crippen molar-refractivity contribution >= 4 is 18.7 Å². The Hall–Kier alpha value is -0.505. The molecule has 4 heteroatoms. The van der Waals surface area contributed by atoms with Crippen molar-refractivity contribution in [1.29, 1.82) is 0 Å². The van der Waals surface area contributed by atoms with Crippen molar-refractivity contribution in [2.75, 3.05) is 0 Å². The zero-order valence-electron chi connectivity index (χ0n) is 7.50. The van der Waals surface area contributed by atoms with Gasteiger partial charge in [0.1, 0.15) is 0 Å². The van der Waals surface area contributed by atoms with Crippen LogP contribution in [0.3, 0.4) is 0 Å². The molecule has 0 saturated carbocycles. The molecule has 1 heterocycles. The first kappa shape index (κ1) is 9.07. The molecule has 0 radical (unpaired) electrons. The molecule has 2 nitrogen and oxygen atoms in total. The van der Waals surface area contributed by atoms with E-state index in [1.54, 1.807) is 6.82 Å². The lowest BCUT2D eigenvalue weighted by Gasteiger charge is -2.14. The highest BCUT2D eigenvalue weighted by molar-refractivity contribution is 6.45. The van der Waals surface area contributed by atoms with Crippen LogP contribution in [0.4, 0.5) is 0 Å². The van der Waals surface area contributed by atoms with Crippen molar-refractivity contribution in [2.45, 2.75) is 19.9 Å². The standard InChI is InChI=1S/C9H11BClNO/c1-10(13)12-5-7-3-2-4-9(11)8(7)6-12/h2-4,13H,5-6H2,1H3. The van der Waals surface area contributed by atoms with E-state index in [2.05, 4.69) is 6.07 Å². The fourth-order valence-electron chi connectivity index (χ4n) is 1.67. The molecule has 0 bridgehead atoms. The molecule has 0 amide bonds. The normalized spacial score (nSPS) is 15.9. The molecule has 2 rings (SSSR count). The highest BCUT2D eigenvalue weighted by Gasteiger charge is 2.25. The third-order valence-corrected chi connectivity index (χ3v) is 2.83. The van der Waals surface area contributed by atoms with Crippen molar-refractivity contribution < 1.29 is 5.02 Å². The minimum absolute atomic E-state index is 0.400. The van der Waals surface area contributed by atoms with Gasteiger partial charge in [0, 0.05) is 18.1 Å². The van der Waals surface area contributed by atoms with Crippen LogP contribution in [0.2, 0.25) is 11.8 Å². The van der Waals surface area contributed by atoms with Crippen LogP contribution in [0.15, 0.2) is 18.2 Å². The Morgan fingerprint density at radius 2 is 2.23 bits per heavy atom. The summed E-state index contributed by atoms with van der Waals surface area (Å²) in [7, 11) is -0.400. The molecule has 0 atom stereocenters. The van der Waals surface area contributed by atoms with Crippen LogP contribution >= 0.6 is 11.6 Å². The van der Waals surface area contributed by atoms with Crippen molar-refractivity contribution in [2.24, 2.45) is 0 Å². The van der Waals surface area contributed by atoms with Crippen molar-refractivity contribution in [3.8, 4) is 0 Å². The fourth-order valence-corrected chi connectivity index (χ4v) is 1.92. The largest absolute Gasteiger partial charge is 0.437 e. The van der Waals surface area contributed by atoms with Gasteiger partial charge >= 0.3 is 7.05 Å². The Morgan fingerprint density at radius 1 is 1.46 bits per heavy atom. The van der Waals surface area contributed by atoms with Crippen LogP contribution in [-0.4, -0.2) is 16.9 Å². The molecular formula is C9H11BClNO. The maximum absolute atomic E-state index is 9.40. The highest BCUT2D eigenvalue weighted by atomic mass is 35.5. The molecule has 0 spiro atoms. The lowest BCUT2D eigenvalue weighted by Crippen LogP contribution is -2.31. The quantitative estimate of drug-likeness (QED) is 0.691. The van der Waals surface area contributed by atoms with Crippen LogP contribution in [0.1, 0.15) is 11.1 Å². The van der Waals surface area contributed by atoms with Gasteiger partial charge in [-0.2, -0.15) is 0 Å². The van der Waals surface area contributed by atoms with Crippen LogP contribution < -0.4 is 0 Å². The van der Waals surface area contributed by atoms with Gasteiger partial charge in [0.25, 0.3) is 0 Å². The van der Waals surface area contributed by atoms with Gasteiger partial charge in [-0.25, -0.2) is 0 Å². The summed E-state index contributed by atoms with van der Waals surface area (Å²) in [5.41, 5.74) is 2.39. The number of benzene rings is 1. The van der Waals surface area contributed by atoms with Gasteiger partial charge in [-0.15, -0.1) is 0 Å². The zero-order chi connectivity index (χ0) is 9.42. The Morgan fingerprint density at radius 3 is 2.85 bits per heavy atom. The van der Waals surface area contributed by atoms with E-state index in [1.807, 2.05) is 16.9 Å². The number of hydrogen-bond donors (Lipinski definition) is 1. The summed E-state index contributed by atoms with van der Waals surface area (Å²) in [4.78, 5) is 1.98.